The maximum absolute atomic E-state index is 10.8. The topological polar surface area (TPSA) is 230 Å². The van der Waals surface area contributed by atoms with E-state index in [2.05, 4.69) is 182 Å². The minimum Gasteiger partial charge on any atom is -0.378 e. The summed E-state index contributed by atoms with van der Waals surface area (Å²) < 4.78 is 18.9. The number of aryl methyl sites for hydroxylation is 16. The number of rotatable bonds is 20. The number of nitrogens with zero attached hydrogens (tertiary/aromatic N) is 18. The molecule has 0 bridgehead atoms. The zero-order valence-corrected chi connectivity index (χ0v) is 61.5. The van der Waals surface area contributed by atoms with Crippen LogP contribution in [0, 0.1) is 129 Å². The van der Waals surface area contributed by atoms with Crippen LogP contribution in [0.1, 0.15) is 148 Å². The molecule has 21 nitrogen and oxygen atoms in total. The molecule has 0 radical (unpaired) electrons. The van der Waals surface area contributed by atoms with Crippen molar-refractivity contribution in [3.05, 3.63) is 179 Å². The molecule has 0 aliphatic rings. The fraction of sp³-hybridized carbons (Fsp3) is 0.378. The second kappa shape index (κ2) is 28.0. The van der Waals surface area contributed by atoms with Crippen molar-refractivity contribution in [2.75, 3.05) is 46.7 Å². The van der Waals surface area contributed by atoms with E-state index in [0.717, 1.165) is 101 Å². The van der Waals surface area contributed by atoms with Crippen LogP contribution in [0.15, 0.2) is 81.1 Å². The molecule has 10 rings (SSSR count). The van der Waals surface area contributed by atoms with E-state index in [-0.39, 0.29) is 17.3 Å². The third kappa shape index (κ3) is 14.9. The Morgan fingerprint density at radius 1 is 0.495 bits per heavy atom. The highest BCUT2D eigenvalue weighted by atomic mass is 32.1. The number of benzene rings is 4. The maximum Gasteiger partial charge on any atom is 0.255 e. The molecule has 6 heterocycles. The summed E-state index contributed by atoms with van der Waals surface area (Å²) in [5.41, 5.74) is 20.2. The lowest BCUT2D eigenvalue weighted by Gasteiger charge is -2.30. The summed E-state index contributed by atoms with van der Waals surface area (Å²) in [7, 11) is 0. The van der Waals surface area contributed by atoms with Crippen LogP contribution >= 0.6 is 23.1 Å². The number of hydrogen-bond donors (Lipinski definition) is 2. The smallest absolute Gasteiger partial charge is 0.255 e. The number of pyridine rings is 2. The lowest BCUT2D eigenvalue weighted by molar-refractivity contribution is 0.149. The Hall–Kier alpha value is -9.94. The largest absolute Gasteiger partial charge is 0.378 e. The Bertz CT molecular complexity index is 4450. The summed E-state index contributed by atoms with van der Waals surface area (Å²) in [5.74, 6) is 3.98. The molecule has 0 saturated carbocycles. The number of nitriles is 1. The lowest BCUT2D eigenvalue weighted by Crippen LogP contribution is -2.28. The van der Waals surface area contributed by atoms with E-state index in [0.29, 0.717) is 99.8 Å². The van der Waals surface area contributed by atoms with Crippen molar-refractivity contribution in [1.82, 2.24) is 48.2 Å². The molecular weight excluding hydrogens is 1250 g/mol. The van der Waals surface area contributed by atoms with Gasteiger partial charge >= 0.3 is 0 Å². The van der Waals surface area contributed by atoms with Crippen LogP contribution < -0.4 is 20.4 Å². The highest BCUT2D eigenvalue weighted by molar-refractivity contribution is 7.08. The van der Waals surface area contributed by atoms with Gasteiger partial charge in [-0.05, 0) is 184 Å². The molecule has 0 atom stereocenters. The Morgan fingerprint density at radius 3 is 1.21 bits per heavy atom. The predicted molar refractivity (Wildman–Crippen MR) is 392 cm³/mol. The molecule has 0 aliphatic carbocycles. The molecule has 500 valence electrons. The first-order chi connectivity index (χ1) is 45.8. The average molecular weight is 1340 g/mol. The monoisotopic (exact) mass is 1330 g/mol. The molecule has 2 N–H and O–H groups in total. The van der Waals surface area contributed by atoms with E-state index in [1.54, 1.807) is 9.36 Å². The van der Waals surface area contributed by atoms with E-state index in [1.807, 2.05) is 81.4 Å². The standard InChI is InChI=1S/C74H86N20OS2/c1-39-28-43(5)58(44(6)29-39)81-67-60(83-85-69-55(38-75)65(73(17,18)19)87-93(69)71-77-53(15)89-96-71)47(9)36-56(79-67)91(63-49(11)32-41(3)33-50(63)12)24-26-95-27-25-92(64-51(13)34-42(4)35-52(64)14)57-37-48(10)61(68(80-57)82-59-45(7)30-40(2)31-46(59)8)84-86-70-62(76-23)66(74(20,21)22)88-94(70)72-78-54(16)90-97-72/h28-37H,24-27H2,1-22H3,(H,79,81)(H,80,82). The van der Waals surface area contributed by atoms with Gasteiger partial charge in [0.1, 0.15) is 46.3 Å². The van der Waals surface area contributed by atoms with Crippen molar-refractivity contribution in [3.63, 3.8) is 0 Å². The van der Waals surface area contributed by atoms with Crippen molar-refractivity contribution in [2.45, 2.75) is 163 Å². The highest BCUT2D eigenvalue weighted by Gasteiger charge is 2.32. The average Bonchev–Trinajstić information content (AvgIpc) is 1.73. The molecule has 10 aromatic rings. The number of azo groups is 2. The minimum absolute atomic E-state index is 0.249. The Morgan fingerprint density at radius 2 is 0.856 bits per heavy atom. The Kier molecular flexibility index (Phi) is 20.2. The van der Waals surface area contributed by atoms with Crippen molar-refractivity contribution in [2.24, 2.45) is 20.5 Å². The van der Waals surface area contributed by atoms with Gasteiger partial charge in [-0.25, -0.2) is 24.8 Å². The van der Waals surface area contributed by atoms with Crippen molar-refractivity contribution in [1.29, 1.82) is 5.26 Å². The normalized spacial score (nSPS) is 11.9. The summed E-state index contributed by atoms with van der Waals surface area (Å²) >= 11 is 2.36. The molecule has 6 aromatic heterocycles. The van der Waals surface area contributed by atoms with Gasteiger partial charge in [-0.15, -0.1) is 20.5 Å². The number of hydrogen-bond acceptors (Lipinski definition) is 20. The highest BCUT2D eigenvalue weighted by Crippen LogP contribution is 2.46. The number of anilines is 8. The quantitative estimate of drug-likeness (QED) is 0.0411. The SMILES string of the molecule is [C-]#[N+]c1c(C(C)(C)C)nn(-c2nc(C)ns2)c1N=Nc1c(C)cc(N(CCOCCN(c2cc(C)c(N=Nc3c(C#N)c(C(C)(C)C)nn3-c3nc(C)ns3)c(Nc3c(C)cc(C)cc3C)n2)c2c(C)cc(C)cc2C)c2c(C)cc(C)cc2C)nc1Nc1c(C)cc(C)cc1C. The predicted octanol–water partition coefficient (Wildman–Crippen LogP) is 19.8. The van der Waals surface area contributed by atoms with Crippen molar-refractivity contribution in [3.8, 4) is 16.3 Å². The molecule has 0 fully saturated rings. The van der Waals surface area contributed by atoms with Gasteiger partial charge in [0.05, 0.1) is 31.2 Å². The molecule has 0 amide bonds. The summed E-state index contributed by atoms with van der Waals surface area (Å²) in [6, 6.07) is 23.9. The Balaban J connectivity index is 1.04. The molecule has 0 unspecified atom stereocenters. The van der Waals surface area contributed by atoms with E-state index in [1.165, 1.54) is 23.1 Å². The second-order valence-corrected chi connectivity index (χ2v) is 28.9. The zero-order valence-electron chi connectivity index (χ0n) is 59.9. The third-order valence-corrected chi connectivity index (χ3v) is 18.3. The molecule has 0 spiro atoms. The van der Waals surface area contributed by atoms with Gasteiger partial charge in [0.2, 0.25) is 10.3 Å². The first kappa shape index (κ1) is 69.9. The van der Waals surface area contributed by atoms with Gasteiger partial charge in [-0.1, -0.05) is 112 Å². The summed E-state index contributed by atoms with van der Waals surface area (Å²) in [6.07, 6.45) is 0. The maximum atomic E-state index is 10.8. The third-order valence-electron chi connectivity index (χ3n) is 16.7. The van der Waals surface area contributed by atoms with Crippen LogP contribution in [-0.2, 0) is 15.6 Å². The van der Waals surface area contributed by atoms with Crippen LogP contribution in [-0.4, -0.2) is 74.5 Å². The molecule has 0 aliphatic heterocycles. The van der Waals surface area contributed by atoms with Crippen LogP contribution in [0.5, 0.6) is 0 Å². The fourth-order valence-corrected chi connectivity index (χ4v) is 14.0. The van der Waals surface area contributed by atoms with Crippen LogP contribution in [0.4, 0.5) is 74.7 Å². The van der Waals surface area contributed by atoms with Gasteiger partial charge in [-0.2, -0.15) is 33.6 Å². The molecule has 23 heteroatoms. The molecule has 97 heavy (non-hydrogen) atoms. The number of nitrogens with one attached hydrogen (secondary N) is 2. The van der Waals surface area contributed by atoms with Gasteiger partial charge in [0.15, 0.2) is 23.3 Å². The van der Waals surface area contributed by atoms with E-state index in [4.69, 9.17) is 51.9 Å². The van der Waals surface area contributed by atoms with Gasteiger partial charge in [0.25, 0.3) is 5.69 Å². The molecule has 4 aromatic carbocycles. The fourth-order valence-electron chi connectivity index (χ4n) is 12.7. The van der Waals surface area contributed by atoms with Gasteiger partial charge in [0, 0.05) is 64.3 Å². The van der Waals surface area contributed by atoms with Crippen molar-refractivity contribution >= 4 is 97.8 Å². The van der Waals surface area contributed by atoms with E-state index < -0.39 is 10.8 Å². The lowest BCUT2D eigenvalue weighted by atomic mass is 9.90. The summed E-state index contributed by atoms with van der Waals surface area (Å²) in [4.78, 5) is 28.8. The van der Waals surface area contributed by atoms with E-state index in [9.17, 15) is 5.26 Å². The minimum atomic E-state index is -0.497. The number of aromatic nitrogens is 10. The van der Waals surface area contributed by atoms with Crippen LogP contribution in [0.25, 0.3) is 15.1 Å². The van der Waals surface area contributed by atoms with Crippen molar-refractivity contribution < 1.29 is 4.74 Å². The second-order valence-electron chi connectivity index (χ2n) is 27.5. The molecule has 0 saturated heterocycles. The van der Waals surface area contributed by atoms with Crippen LogP contribution in [0.2, 0.25) is 0 Å². The zero-order chi connectivity index (χ0) is 70.3. The first-order valence-electron chi connectivity index (χ1n) is 32.3. The first-order valence-corrected chi connectivity index (χ1v) is 33.9. The van der Waals surface area contributed by atoms with Crippen LogP contribution in [0.3, 0.4) is 0 Å². The summed E-state index contributed by atoms with van der Waals surface area (Å²) in [6.45, 7) is 55.0. The summed E-state index contributed by atoms with van der Waals surface area (Å²) in [5, 5.41) is 48.8. The number of ether oxygens (including phenoxy) is 1. The Labute approximate surface area is 578 Å². The van der Waals surface area contributed by atoms with E-state index >= 15 is 0 Å². The molecular formula is C74H86N20OS2. The van der Waals surface area contributed by atoms with Gasteiger partial charge in [-0.3, -0.25) is 0 Å². The van der Waals surface area contributed by atoms with Gasteiger partial charge < -0.3 is 25.2 Å².